The van der Waals surface area contributed by atoms with Crippen molar-refractivity contribution in [3.8, 4) is 0 Å². The molecular formula is C15H16F2N4O2S. The second-order valence-electron chi connectivity index (χ2n) is 5.51. The monoisotopic (exact) mass is 354 g/mol. The van der Waals surface area contributed by atoms with Crippen molar-refractivity contribution in [2.45, 2.75) is 23.8 Å². The Bertz CT molecular complexity index is 797. The predicted octanol–water partition coefficient (Wildman–Crippen LogP) is 1.70. The fourth-order valence-electron chi connectivity index (χ4n) is 2.73. The Morgan fingerprint density at radius 1 is 1.12 bits per heavy atom. The van der Waals surface area contributed by atoms with Crippen molar-refractivity contribution in [1.29, 1.82) is 0 Å². The summed E-state index contributed by atoms with van der Waals surface area (Å²) >= 11 is 0. The highest BCUT2D eigenvalue weighted by atomic mass is 32.2. The third-order valence-electron chi connectivity index (χ3n) is 3.77. The first-order valence-corrected chi connectivity index (χ1v) is 8.94. The Hall–Kier alpha value is -2.13. The number of benzene rings is 1. The molecular weight excluding hydrogens is 338 g/mol. The lowest BCUT2D eigenvalue weighted by atomic mass is 10.1. The predicted molar refractivity (Wildman–Crippen MR) is 83.9 cm³/mol. The van der Waals surface area contributed by atoms with E-state index in [1.54, 1.807) is 18.5 Å². The molecule has 1 atom stereocenters. The van der Waals surface area contributed by atoms with Crippen LogP contribution in [0.3, 0.4) is 0 Å². The number of hydrogen-bond acceptors (Lipinski definition) is 5. The molecule has 0 radical (unpaired) electrons. The highest BCUT2D eigenvalue weighted by molar-refractivity contribution is 7.89. The number of rotatable bonds is 4. The van der Waals surface area contributed by atoms with Crippen LogP contribution in [0, 0.1) is 11.6 Å². The van der Waals surface area contributed by atoms with E-state index in [4.69, 9.17) is 0 Å². The number of anilines is 1. The standard InChI is InChI=1S/C15H16F2N4O2S/c16-12-5-1-6-13(17)14(12)24(22,23)20-11-4-2-9-21(10-11)15-18-7-3-8-19-15/h1,3,5-8,11,20H,2,4,9-10H2. The molecule has 0 amide bonds. The normalized spacial score (nSPS) is 18.6. The first-order chi connectivity index (χ1) is 11.5. The van der Waals surface area contributed by atoms with Gasteiger partial charge in [-0.1, -0.05) is 6.07 Å². The maximum absolute atomic E-state index is 13.8. The minimum atomic E-state index is -4.29. The van der Waals surface area contributed by atoms with E-state index in [2.05, 4.69) is 14.7 Å². The van der Waals surface area contributed by atoms with Gasteiger partial charge in [0.2, 0.25) is 16.0 Å². The molecule has 1 fully saturated rings. The molecule has 128 valence electrons. The van der Waals surface area contributed by atoms with Gasteiger partial charge >= 0.3 is 0 Å². The smallest absolute Gasteiger partial charge is 0.246 e. The van der Waals surface area contributed by atoms with Crippen LogP contribution in [0.2, 0.25) is 0 Å². The van der Waals surface area contributed by atoms with E-state index < -0.39 is 32.6 Å². The van der Waals surface area contributed by atoms with Crippen LogP contribution in [0.1, 0.15) is 12.8 Å². The van der Waals surface area contributed by atoms with Crippen molar-refractivity contribution in [1.82, 2.24) is 14.7 Å². The van der Waals surface area contributed by atoms with Gasteiger partial charge in [0.25, 0.3) is 0 Å². The molecule has 0 saturated carbocycles. The summed E-state index contributed by atoms with van der Waals surface area (Å²) in [6.07, 6.45) is 4.49. The Morgan fingerprint density at radius 3 is 2.46 bits per heavy atom. The van der Waals surface area contributed by atoms with Crippen LogP contribution in [-0.2, 0) is 10.0 Å². The lowest BCUT2D eigenvalue weighted by molar-refractivity contribution is 0.455. The van der Waals surface area contributed by atoms with Gasteiger partial charge in [0.05, 0.1) is 0 Å². The molecule has 1 saturated heterocycles. The SMILES string of the molecule is O=S(=O)(NC1CCCN(c2ncccn2)C1)c1c(F)cccc1F. The molecule has 1 aromatic carbocycles. The number of nitrogens with one attached hydrogen (secondary N) is 1. The number of nitrogens with zero attached hydrogens (tertiary/aromatic N) is 3. The highest BCUT2D eigenvalue weighted by Crippen LogP contribution is 2.21. The zero-order valence-corrected chi connectivity index (χ0v) is 13.5. The van der Waals surface area contributed by atoms with Crippen LogP contribution in [0.25, 0.3) is 0 Å². The van der Waals surface area contributed by atoms with Gasteiger partial charge in [-0.2, -0.15) is 0 Å². The second-order valence-corrected chi connectivity index (χ2v) is 7.16. The molecule has 0 aliphatic carbocycles. The summed E-state index contributed by atoms with van der Waals surface area (Å²) in [6.45, 7) is 1.02. The molecule has 1 aliphatic heterocycles. The Morgan fingerprint density at radius 2 is 1.79 bits per heavy atom. The highest BCUT2D eigenvalue weighted by Gasteiger charge is 2.29. The summed E-state index contributed by atoms with van der Waals surface area (Å²) < 4.78 is 54.6. The number of aromatic nitrogens is 2. The Kier molecular flexibility index (Phi) is 4.72. The minimum absolute atomic E-state index is 0.333. The van der Waals surface area contributed by atoms with Gasteiger partial charge in [-0.3, -0.25) is 0 Å². The lowest BCUT2D eigenvalue weighted by Crippen LogP contribution is -2.48. The summed E-state index contributed by atoms with van der Waals surface area (Å²) in [6, 6.07) is 4.17. The van der Waals surface area contributed by atoms with Crippen LogP contribution in [0.15, 0.2) is 41.6 Å². The van der Waals surface area contributed by atoms with Crippen LogP contribution in [0.5, 0.6) is 0 Å². The van der Waals surface area contributed by atoms with Crippen molar-refractivity contribution in [3.05, 3.63) is 48.3 Å². The third kappa shape index (κ3) is 3.51. The number of hydrogen-bond donors (Lipinski definition) is 1. The molecule has 2 aromatic rings. The van der Waals surface area contributed by atoms with Gasteiger partial charge in [0.1, 0.15) is 11.6 Å². The fraction of sp³-hybridized carbons (Fsp3) is 0.333. The first kappa shape index (κ1) is 16.7. The van der Waals surface area contributed by atoms with Crippen molar-refractivity contribution in [2.24, 2.45) is 0 Å². The second kappa shape index (κ2) is 6.78. The molecule has 0 bridgehead atoms. The van der Waals surface area contributed by atoms with Gasteiger partial charge in [0.15, 0.2) is 4.90 Å². The first-order valence-electron chi connectivity index (χ1n) is 7.46. The molecule has 3 rings (SSSR count). The van der Waals surface area contributed by atoms with E-state index in [1.807, 2.05) is 4.90 Å². The van der Waals surface area contributed by atoms with Gasteiger partial charge in [-0.25, -0.2) is 31.9 Å². The fourth-order valence-corrected chi connectivity index (χ4v) is 4.13. The summed E-state index contributed by atoms with van der Waals surface area (Å²) in [5.74, 6) is -1.72. The van der Waals surface area contributed by atoms with E-state index >= 15 is 0 Å². The summed E-state index contributed by atoms with van der Waals surface area (Å²) in [5.41, 5.74) is 0. The van der Waals surface area contributed by atoms with Gasteiger partial charge in [-0.15, -0.1) is 0 Å². The molecule has 1 N–H and O–H groups in total. The molecule has 6 nitrogen and oxygen atoms in total. The van der Waals surface area contributed by atoms with E-state index in [0.717, 1.165) is 18.2 Å². The van der Waals surface area contributed by atoms with E-state index in [0.29, 0.717) is 31.9 Å². The van der Waals surface area contributed by atoms with Crippen molar-refractivity contribution >= 4 is 16.0 Å². The van der Waals surface area contributed by atoms with E-state index in [1.165, 1.54) is 0 Å². The van der Waals surface area contributed by atoms with Gasteiger partial charge < -0.3 is 4.90 Å². The molecule has 24 heavy (non-hydrogen) atoms. The van der Waals surface area contributed by atoms with Crippen LogP contribution in [-0.4, -0.2) is 37.5 Å². The van der Waals surface area contributed by atoms with Crippen molar-refractivity contribution in [2.75, 3.05) is 18.0 Å². The minimum Gasteiger partial charge on any atom is -0.339 e. The Balaban J connectivity index is 1.78. The number of halogens is 2. The summed E-state index contributed by atoms with van der Waals surface area (Å²) in [5, 5.41) is 0. The van der Waals surface area contributed by atoms with E-state index in [-0.39, 0.29) is 0 Å². The average molecular weight is 354 g/mol. The number of sulfonamides is 1. The molecule has 2 heterocycles. The van der Waals surface area contributed by atoms with Crippen LogP contribution >= 0.6 is 0 Å². The zero-order valence-electron chi connectivity index (χ0n) is 12.7. The summed E-state index contributed by atoms with van der Waals surface area (Å²) in [4.78, 5) is 9.17. The van der Waals surface area contributed by atoms with Gasteiger partial charge in [0, 0.05) is 31.5 Å². The maximum atomic E-state index is 13.8. The average Bonchev–Trinajstić information content (AvgIpc) is 2.55. The molecule has 1 aliphatic rings. The quantitative estimate of drug-likeness (QED) is 0.905. The Labute approximate surface area is 138 Å². The van der Waals surface area contributed by atoms with Crippen LogP contribution in [0.4, 0.5) is 14.7 Å². The van der Waals surface area contributed by atoms with Crippen LogP contribution < -0.4 is 9.62 Å². The molecule has 9 heteroatoms. The third-order valence-corrected chi connectivity index (χ3v) is 5.34. The molecule has 0 spiro atoms. The lowest BCUT2D eigenvalue weighted by Gasteiger charge is -2.32. The van der Waals surface area contributed by atoms with Crippen molar-refractivity contribution in [3.63, 3.8) is 0 Å². The summed E-state index contributed by atoms with van der Waals surface area (Å²) in [7, 11) is -4.29. The number of piperidine rings is 1. The molecule has 1 aromatic heterocycles. The van der Waals surface area contributed by atoms with E-state index in [9.17, 15) is 17.2 Å². The maximum Gasteiger partial charge on any atom is 0.246 e. The van der Waals surface area contributed by atoms with Crippen molar-refractivity contribution < 1.29 is 17.2 Å². The zero-order chi connectivity index (χ0) is 17.2. The largest absolute Gasteiger partial charge is 0.339 e. The molecule has 1 unspecified atom stereocenters. The topological polar surface area (TPSA) is 75.2 Å². The van der Waals surface area contributed by atoms with Gasteiger partial charge in [-0.05, 0) is 31.0 Å².